The highest BCUT2D eigenvalue weighted by Gasteiger charge is 2.22. The van der Waals surface area contributed by atoms with Gasteiger partial charge in [-0.2, -0.15) is 0 Å². The van der Waals surface area contributed by atoms with Crippen LogP contribution in [0.25, 0.3) is 0 Å². The number of nitrogens with one attached hydrogen (secondary N) is 1. The van der Waals surface area contributed by atoms with Crippen LogP contribution in [0.1, 0.15) is 22.3 Å². The Kier molecular flexibility index (Phi) is 8.26. The molecule has 1 aliphatic rings. The predicted octanol–water partition coefficient (Wildman–Crippen LogP) is 0.437. The number of halogens is 1. The summed E-state index contributed by atoms with van der Waals surface area (Å²) in [4.78, 5) is 1.51. The Bertz CT molecular complexity index is 1030. The molecule has 3 aromatic rings. The summed E-state index contributed by atoms with van der Waals surface area (Å²) in [6.07, 6.45) is 1.03. The van der Waals surface area contributed by atoms with Gasteiger partial charge in [0.1, 0.15) is 19.7 Å². The van der Waals surface area contributed by atoms with Gasteiger partial charge in [0.15, 0.2) is 23.0 Å². The second kappa shape index (κ2) is 11.1. The van der Waals surface area contributed by atoms with E-state index in [-0.39, 0.29) is 12.4 Å². The second-order valence-corrected chi connectivity index (χ2v) is 7.84. The first-order chi connectivity index (χ1) is 15.2. The van der Waals surface area contributed by atoms with Crippen molar-refractivity contribution in [3.05, 3.63) is 82.9 Å². The van der Waals surface area contributed by atoms with E-state index in [2.05, 4.69) is 36.4 Å². The molecule has 4 rings (SSSR count). The van der Waals surface area contributed by atoms with Gasteiger partial charge in [-0.1, -0.05) is 30.3 Å². The van der Waals surface area contributed by atoms with Crippen molar-refractivity contribution >= 4 is 0 Å². The summed E-state index contributed by atoms with van der Waals surface area (Å²) in [5.74, 6) is 3.15. The Hall–Kier alpha value is -2.89. The lowest BCUT2D eigenvalue weighted by Gasteiger charge is -2.27. The molecule has 1 N–H and O–H groups in total. The number of hydrogen-bond acceptors (Lipinski definition) is 4. The molecule has 1 atom stereocenters. The topological polar surface area (TPSA) is 41.4 Å². The molecular weight excluding hydrogens is 426 g/mol. The summed E-state index contributed by atoms with van der Waals surface area (Å²) in [5, 5.41) is 0. The number of methoxy groups -OCH3 is 3. The van der Waals surface area contributed by atoms with Crippen molar-refractivity contribution in [1.29, 1.82) is 0 Å². The highest BCUT2D eigenvalue weighted by atomic mass is 35.5. The highest BCUT2D eigenvalue weighted by molar-refractivity contribution is 5.48. The Morgan fingerprint density at radius 1 is 0.719 bits per heavy atom. The molecule has 0 radical (unpaired) electrons. The fourth-order valence-corrected chi connectivity index (χ4v) is 4.15. The Morgan fingerprint density at radius 2 is 1.38 bits per heavy atom. The average Bonchev–Trinajstić information content (AvgIpc) is 2.82. The van der Waals surface area contributed by atoms with Crippen molar-refractivity contribution in [2.45, 2.75) is 26.1 Å². The van der Waals surface area contributed by atoms with E-state index >= 15 is 0 Å². The van der Waals surface area contributed by atoms with Crippen molar-refractivity contribution in [3.8, 4) is 23.0 Å². The van der Waals surface area contributed by atoms with Crippen molar-refractivity contribution in [3.63, 3.8) is 0 Å². The molecule has 170 valence electrons. The first-order valence-electron chi connectivity index (χ1n) is 10.6. The maximum Gasteiger partial charge on any atom is 0.161 e. The van der Waals surface area contributed by atoms with Gasteiger partial charge in [0.25, 0.3) is 0 Å². The smallest absolute Gasteiger partial charge is 0.161 e. The summed E-state index contributed by atoms with van der Waals surface area (Å²) in [6, 6.07) is 20.6. The minimum atomic E-state index is 0. The lowest BCUT2D eigenvalue weighted by atomic mass is 9.98. The van der Waals surface area contributed by atoms with Gasteiger partial charge in [-0.05, 0) is 41.5 Å². The average molecular weight is 456 g/mol. The van der Waals surface area contributed by atoms with E-state index in [1.165, 1.54) is 21.6 Å². The summed E-state index contributed by atoms with van der Waals surface area (Å²) in [7, 11) is 5.06. The van der Waals surface area contributed by atoms with Crippen molar-refractivity contribution in [1.82, 2.24) is 0 Å². The third kappa shape index (κ3) is 5.47. The molecule has 0 amide bonds. The van der Waals surface area contributed by atoms with Gasteiger partial charge in [-0.25, -0.2) is 0 Å². The Balaban J connectivity index is 0.00000289. The number of hydrogen-bond donors (Lipinski definition) is 1. The minimum absolute atomic E-state index is 0. The summed E-state index contributed by atoms with van der Waals surface area (Å²) in [5.41, 5.74) is 5.05. The molecule has 1 unspecified atom stereocenters. The monoisotopic (exact) mass is 455 g/mol. The Labute approximate surface area is 196 Å². The van der Waals surface area contributed by atoms with E-state index in [0.717, 1.165) is 54.6 Å². The molecule has 0 aliphatic carbocycles. The number of quaternary nitrogens is 1. The van der Waals surface area contributed by atoms with Crippen LogP contribution in [0.15, 0.2) is 60.7 Å². The lowest BCUT2D eigenvalue weighted by molar-refractivity contribution is -0.929. The minimum Gasteiger partial charge on any atom is -1.00 e. The van der Waals surface area contributed by atoms with Crippen molar-refractivity contribution < 1.29 is 36.3 Å². The highest BCUT2D eigenvalue weighted by Crippen LogP contribution is 2.32. The summed E-state index contributed by atoms with van der Waals surface area (Å²) >= 11 is 0. The predicted molar refractivity (Wildman–Crippen MR) is 120 cm³/mol. The van der Waals surface area contributed by atoms with Gasteiger partial charge in [0.2, 0.25) is 0 Å². The van der Waals surface area contributed by atoms with Crippen LogP contribution in [-0.4, -0.2) is 27.9 Å². The zero-order valence-corrected chi connectivity index (χ0v) is 19.6. The third-order valence-corrected chi connectivity index (χ3v) is 5.81. The van der Waals surface area contributed by atoms with Crippen molar-refractivity contribution in [2.75, 3.05) is 27.9 Å². The number of fused-ring (bicyclic) bond motifs is 1. The molecule has 32 heavy (non-hydrogen) atoms. The van der Waals surface area contributed by atoms with E-state index in [1.807, 2.05) is 24.3 Å². The molecule has 0 spiro atoms. The summed E-state index contributed by atoms with van der Waals surface area (Å²) in [6.45, 7) is 3.50. The van der Waals surface area contributed by atoms with Crippen LogP contribution >= 0.6 is 0 Å². The van der Waals surface area contributed by atoms with Gasteiger partial charge < -0.3 is 36.3 Å². The molecular formula is C26H30ClNO4. The largest absolute Gasteiger partial charge is 1.00 e. The van der Waals surface area contributed by atoms with E-state index in [1.54, 1.807) is 21.3 Å². The van der Waals surface area contributed by atoms with Gasteiger partial charge in [0.05, 0.1) is 27.9 Å². The molecule has 5 nitrogen and oxygen atoms in total. The molecule has 1 aliphatic heterocycles. The van der Waals surface area contributed by atoms with Gasteiger partial charge >= 0.3 is 0 Å². The quantitative estimate of drug-likeness (QED) is 0.535. The van der Waals surface area contributed by atoms with Crippen LogP contribution in [0.3, 0.4) is 0 Å². The lowest BCUT2D eigenvalue weighted by Crippen LogP contribution is -3.10. The molecule has 3 aromatic carbocycles. The zero-order chi connectivity index (χ0) is 21.6. The first-order valence-corrected chi connectivity index (χ1v) is 10.6. The van der Waals surface area contributed by atoms with Crippen LogP contribution in [0, 0.1) is 0 Å². The van der Waals surface area contributed by atoms with E-state index in [0.29, 0.717) is 6.61 Å². The molecule has 0 bridgehead atoms. The van der Waals surface area contributed by atoms with E-state index in [9.17, 15) is 0 Å². The van der Waals surface area contributed by atoms with Crippen LogP contribution in [0.2, 0.25) is 0 Å². The van der Waals surface area contributed by atoms with Crippen molar-refractivity contribution in [2.24, 2.45) is 0 Å². The fourth-order valence-electron chi connectivity index (χ4n) is 4.15. The van der Waals surface area contributed by atoms with Gasteiger partial charge in [-0.15, -0.1) is 0 Å². The van der Waals surface area contributed by atoms with Gasteiger partial charge in [0, 0.05) is 17.5 Å². The Morgan fingerprint density at radius 3 is 2.06 bits per heavy atom. The molecule has 1 heterocycles. The summed E-state index contributed by atoms with van der Waals surface area (Å²) < 4.78 is 22.5. The fraction of sp³-hybridized carbons (Fsp3) is 0.308. The normalized spacial score (nSPS) is 14.7. The SMILES string of the molecule is COc1cc2c(cc1OC)C[NH+](Cc1ccc(OCc3ccccc3)c(OC)c1)CC2.[Cl-]. The maximum atomic E-state index is 6.00. The number of rotatable bonds is 8. The number of ether oxygens (including phenoxy) is 4. The first kappa shape index (κ1) is 23.8. The second-order valence-electron chi connectivity index (χ2n) is 7.84. The molecule has 0 saturated heterocycles. The molecule has 0 saturated carbocycles. The zero-order valence-electron chi connectivity index (χ0n) is 18.8. The third-order valence-electron chi connectivity index (χ3n) is 5.81. The van der Waals surface area contributed by atoms with E-state index < -0.39 is 0 Å². The van der Waals surface area contributed by atoms with Crippen LogP contribution < -0.4 is 36.3 Å². The van der Waals surface area contributed by atoms with E-state index in [4.69, 9.17) is 18.9 Å². The van der Waals surface area contributed by atoms with Crippen LogP contribution in [0.5, 0.6) is 23.0 Å². The molecule has 0 aromatic heterocycles. The van der Waals surface area contributed by atoms with Crippen LogP contribution in [-0.2, 0) is 26.1 Å². The standard InChI is InChI=1S/C26H29NO4.ClH/c1-28-24-13-20(9-10-23(24)31-18-19-7-5-4-6-8-19)16-27-12-11-21-14-25(29-2)26(30-3)15-22(21)17-27;/h4-10,13-15H,11-12,16-18H2,1-3H3;1H. The molecule has 0 fully saturated rings. The van der Waals surface area contributed by atoms with Gasteiger partial charge in [-0.3, -0.25) is 0 Å². The molecule has 6 heteroatoms. The van der Waals surface area contributed by atoms with Crippen LogP contribution in [0.4, 0.5) is 0 Å². The number of benzene rings is 3. The maximum absolute atomic E-state index is 6.00.